The number of methoxy groups -OCH3 is 1. The van der Waals surface area contributed by atoms with Crippen molar-refractivity contribution in [1.82, 2.24) is 0 Å². The van der Waals surface area contributed by atoms with E-state index in [0.29, 0.717) is 25.7 Å². The van der Waals surface area contributed by atoms with Crippen molar-refractivity contribution in [3.05, 3.63) is 44.6 Å². The van der Waals surface area contributed by atoms with E-state index in [1.165, 1.54) is 23.1 Å². The summed E-state index contributed by atoms with van der Waals surface area (Å²) in [6.07, 6.45) is 0. The molecule has 0 radical (unpaired) electrons. The molecule has 0 bridgehead atoms. The molecule has 20 heavy (non-hydrogen) atoms. The lowest BCUT2D eigenvalue weighted by Crippen LogP contribution is -2.03. The van der Waals surface area contributed by atoms with Crippen LogP contribution >= 0.6 is 46.3 Å². The first-order valence-electron chi connectivity index (χ1n) is 5.57. The Kier molecular flexibility index (Phi) is 5.60. The summed E-state index contributed by atoms with van der Waals surface area (Å²) in [5, 5.41) is 12.5. The van der Waals surface area contributed by atoms with Crippen molar-refractivity contribution in [2.45, 2.75) is 4.90 Å². The van der Waals surface area contributed by atoms with E-state index in [1.807, 2.05) is 24.3 Å². The molecule has 0 saturated carbocycles. The van der Waals surface area contributed by atoms with Crippen molar-refractivity contribution in [2.75, 3.05) is 12.9 Å². The van der Waals surface area contributed by atoms with Gasteiger partial charge in [0, 0.05) is 16.2 Å². The van der Waals surface area contributed by atoms with Crippen LogP contribution in [-0.2, 0) is 0 Å². The number of oxime groups is 1. The first-order chi connectivity index (χ1) is 9.63. The van der Waals surface area contributed by atoms with Crippen molar-refractivity contribution in [3.63, 3.8) is 0 Å². The van der Waals surface area contributed by atoms with Gasteiger partial charge in [0.25, 0.3) is 0 Å². The third kappa shape index (κ3) is 3.82. The van der Waals surface area contributed by atoms with Gasteiger partial charge in [-0.05, 0) is 24.3 Å². The van der Waals surface area contributed by atoms with Crippen LogP contribution in [-0.4, -0.2) is 23.8 Å². The minimum absolute atomic E-state index is 0.483. The monoisotopic (exact) mass is 347 g/mol. The molecule has 0 aliphatic heterocycles. The third-order valence-electron chi connectivity index (χ3n) is 2.51. The number of ether oxygens (including phenoxy) is 1. The zero-order chi connectivity index (χ0) is 14.5. The van der Waals surface area contributed by atoms with Gasteiger partial charge in [-0.15, -0.1) is 23.1 Å². The van der Waals surface area contributed by atoms with Crippen LogP contribution in [0.3, 0.4) is 0 Å². The van der Waals surface area contributed by atoms with Gasteiger partial charge in [0.2, 0.25) is 0 Å². The van der Waals surface area contributed by atoms with Crippen molar-refractivity contribution >= 4 is 52.0 Å². The van der Waals surface area contributed by atoms with Gasteiger partial charge in [-0.1, -0.05) is 34.4 Å². The number of rotatable bonds is 5. The van der Waals surface area contributed by atoms with Crippen molar-refractivity contribution in [2.24, 2.45) is 5.16 Å². The van der Waals surface area contributed by atoms with Crippen LogP contribution in [0.5, 0.6) is 5.75 Å². The summed E-state index contributed by atoms with van der Waals surface area (Å²) in [7, 11) is 1.62. The summed E-state index contributed by atoms with van der Waals surface area (Å²) in [6.45, 7) is 0. The number of nitrogens with zero attached hydrogens (tertiary/aromatic N) is 1. The molecule has 0 amide bonds. The van der Waals surface area contributed by atoms with E-state index in [-0.39, 0.29) is 0 Å². The average molecular weight is 348 g/mol. The molecule has 0 aliphatic carbocycles. The zero-order valence-electron chi connectivity index (χ0n) is 10.5. The van der Waals surface area contributed by atoms with E-state index in [4.69, 9.17) is 33.1 Å². The Morgan fingerprint density at radius 2 is 2.20 bits per heavy atom. The maximum absolute atomic E-state index is 9.14. The lowest BCUT2D eigenvalue weighted by Gasteiger charge is -2.05. The van der Waals surface area contributed by atoms with E-state index < -0.39 is 0 Å². The Bertz CT molecular complexity index is 629. The molecule has 0 spiro atoms. The average Bonchev–Trinajstić information content (AvgIpc) is 2.79. The second-order valence-electron chi connectivity index (χ2n) is 3.75. The van der Waals surface area contributed by atoms with E-state index >= 15 is 0 Å². The highest BCUT2D eigenvalue weighted by atomic mass is 35.5. The summed E-state index contributed by atoms with van der Waals surface area (Å²) in [5.74, 6) is 1.27. The smallest absolute Gasteiger partial charge is 0.119 e. The quantitative estimate of drug-likeness (QED) is 0.356. The molecular weight excluding hydrogens is 337 g/mol. The molecule has 0 fully saturated rings. The van der Waals surface area contributed by atoms with E-state index in [0.717, 1.165) is 10.6 Å². The van der Waals surface area contributed by atoms with Gasteiger partial charge in [-0.2, -0.15) is 0 Å². The second-order valence-corrected chi connectivity index (χ2v) is 7.09. The molecule has 1 aromatic carbocycles. The fourth-order valence-electron chi connectivity index (χ4n) is 1.54. The van der Waals surface area contributed by atoms with Crippen LogP contribution in [0.1, 0.15) is 5.56 Å². The maximum atomic E-state index is 9.14. The molecule has 7 heteroatoms. The number of hydrogen-bond acceptors (Lipinski definition) is 5. The highest BCUT2D eigenvalue weighted by Gasteiger charge is 2.13. The molecule has 1 N–H and O–H groups in total. The van der Waals surface area contributed by atoms with E-state index in [2.05, 4.69) is 5.16 Å². The Morgan fingerprint density at radius 3 is 2.80 bits per heavy atom. The summed E-state index contributed by atoms with van der Waals surface area (Å²) >= 11 is 14.7. The third-order valence-corrected chi connectivity index (χ3v) is 5.00. The Labute approximate surface area is 135 Å². The maximum Gasteiger partial charge on any atom is 0.119 e. The predicted octanol–water partition coefficient (Wildman–Crippen LogP) is 5.03. The molecular formula is C13H11Cl2NO2S2. The fourth-order valence-corrected chi connectivity index (χ4v) is 3.94. The molecule has 1 aromatic heterocycles. The SMILES string of the molecule is COc1cccc(SC/C(=N\O)c2cc(Cl)sc2Cl)c1. The number of thioether (sulfide) groups is 1. The molecule has 106 valence electrons. The molecule has 2 rings (SSSR count). The van der Waals surface area contributed by atoms with Gasteiger partial charge < -0.3 is 9.94 Å². The minimum Gasteiger partial charge on any atom is -0.497 e. The first-order valence-corrected chi connectivity index (χ1v) is 8.13. The summed E-state index contributed by atoms with van der Waals surface area (Å²) in [6, 6.07) is 9.37. The van der Waals surface area contributed by atoms with Crippen molar-refractivity contribution < 1.29 is 9.94 Å². The Balaban J connectivity index is 2.10. The molecule has 0 unspecified atom stereocenters. The van der Waals surface area contributed by atoms with Crippen LogP contribution in [0.2, 0.25) is 8.67 Å². The van der Waals surface area contributed by atoms with Crippen LogP contribution in [0.15, 0.2) is 40.4 Å². The normalized spacial score (nSPS) is 11.7. The molecule has 1 heterocycles. The van der Waals surface area contributed by atoms with E-state index in [1.54, 1.807) is 13.2 Å². The standard InChI is InChI=1S/C13H11Cl2NO2S2/c1-18-8-3-2-4-9(5-8)19-7-11(16-17)10-6-12(14)20-13(10)15/h2-6,17H,7H2,1H3/b16-11+. The minimum atomic E-state index is 0.483. The Morgan fingerprint density at radius 1 is 1.40 bits per heavy atom. The molecule has 2 aromatic rings. The summed E-state index contributed by atoms with van der Waals surface area (Å²) in [5.41, 5.74) is 1.16. The van der Waals surface area contributed by atoms with Crippen molar-refractivity contribution in [1.29, 1.82) is 0 Å². The van der Waals surface area contributed by atoms with E-state index in [9.17, 15) is 0 Å². The highest BCUT2D eigenvalue weighted by Crippen LogP contribution is 2.33. The fraction of sp³-hybridized carbons (Fsp3) is 0.154. The molecule has 0 saturated heterocycles. The number of benzene rings is 1. The van der Waals surface area contributed by atoms with Crippen LogP contribution in [0.25, 0.3) is 0 Å². The lowest BCUT2D eigenvalue weighted by molar-refractivity contribution is 0.319. The van der Waals surface area contributed by atoms with Gasteiger partial charge in [0.05, 0.1) is 17.2 Å². The van der Waals surface area contributed by atoms with Crippen LogP contribution in [0, 0.1) is 0 Å². The zero-order valence-corrected chi connectivity index (χ0v) is 13.6. The predicted molar refractivity (Wildman–Crippen MR) is 86.4 cm³/mol. The van der Waals surface area contributed by atoms with Crippen molar-refractivity contribution in [3.8, 4) is 5.75 Å². The Hall–Kier alpha value is -0.880. The van der Waals surface area contributed by atoms with Crippen LogP contribution < -0.4 is 4.74 Å². The van der Waals surface area contributed by atoms with Crippen LogP contribution in [0.4, 0.5) is 0 Å². The summed E-state index contributed by atoms with van der Waals surface area (Å²) < 4.78 is 6.25. The van der Waals surface area contributed by atoms with Gasteiger partial charge in [0.15, 0.2) is 0 Å². The molecule has 3 nitrogen and oxygen atoms in total. The van der Waals surface area contributed by atoms with Gasteiger partial charge >= 0.3 is 0 Å². The lowest BCUT2D eigenvalue weighted by atomic mass is 10.2. The number of hydrogen-bond donors (Lipinski definition) is 1. The van der Waals surface area contributed by atoms with Gasteiger partial charge in [0.1, 0.15) is 10.1 Å². The number of halogens is 2. The van der Waals surface area contributed by atoms with Gasteiger partial charge in [-0.25, -0.2) is 0 Å². The highest BCUT2D eigenvalue weighted by molar-refractivity contribution is 8.00. The molecule has 0 aliphatic rings. The van der Waals surface area contributed by atoms with Gasteiger partial charge in [-0.3, -0.25) is 0 Å². The number of thiophene rings is 1. The largest absolute Gasteiger partial charge is 0.497 e. The summed E-state index contributed by atoms with van der Waals surface area (Å²) in [4.78, 5) is 1.02. The first kappa shape index (κ1) is 15.5. The topological polar surface area (TPSA) is 41.8 Å². The molecule has 0 atom stereocenters. The second kappa shape index (κ2) is 7.22.